The van der Waals surface area contributed by atoms with Crippen LogP contribution in [0.5, 0.6) is 0 Å². The van der Waals surface area contributed by atoms with Crippen molar-refractivity contribution in [3.05, 3.63) is 30.1 Å². The lowest BCUT2D eigenvalue weighted by molar-refractivity contribution is 0.371. The molecule has 0 saturated carbocycles. The Labute approximate surface area is 125 Å². The van der Waals surface area contributed by atoms with Gasteiger partial charge >= 0.3 is 0 Å². The maximum Gasteiger partial charge on any atom is 0.124 e. The first kappa shape index (κ1) is 17.0. The van der Waals surface area contributed by atoms with E-state index >= 15 is 0 Å². The molecule has 0 aromatic heterocycles. The predicted molar refractivity (Wildman–Crippen MR) is 83.3 cm³/mol. The van der Waals surface area contributed by atoms with Gasteiger partial charge in [0.2, 0.25) is 0 Å². The second-order valence-corrected chi connectivity index (χ2v) is 6.05. The number of hydrogen-bond donors (Lipinski definition) is 1. The van der Waals surface area contributed by atoms with E-state index in [1.54, 1.807) is 23.9 Å². The van der Waals surface area contributed by atoms with E-state index in [4.69, 9.17) is 0 Å². The third-order valence-electron chi connectivity index (χ3n) is 3.34. The van der Waals surface area contributed by atoms with Crippen LogP contribution < -0.4 is 5.32 Å². The quantitative estimate of drug-likeness (QED) is 0.542. The maximum atomic E-state index is 13.0. The molecule has 0 radical (unpaired) electrons. The Hall–Kier alpha value is -1.05. The fourth-order valence-corrected chi connectivity index (χ4v) is 2.94. The lowest BCUT2D eigenvalue weighted by Gasteiger charge is -2.26. The van der Waals surface area contributed by atoms with Crippen LogP contribution in [0.2, 0.25) is 0 Å². The Balaban J connectivity index is 2.39. The summed E-state index contributed by atoms with van der Waals surface area (Å²) in [7, 11) is 0. The normalized spacial score (nSPS) is 13.7. The molecule has 0 aliphatic carbocycles. The molecular formula is C16H23FN2S. The molecule has 0 heterocycles. The summed E-state index contributed by atoms with van der Waals surface area (Å²) in [6.07, 6.45) is 3.62. The number of benzene rings is 1. The van der Waals surface area contributed by atoms with Crippen molar-refractivity contribution in [2.45, 2.75) is 50.0 Å². The van der Waals surface area contributed by atoms with Crippen LogP contribution in [0.25, 0.3) is 0 Å². The molecular weight excluding hydrogens is 271 g/mol. The molecule has 1 unspecified atom stereocenters. The Morgan fingerprint density at radius 2 is 2.20 bits per heavy atom. The average Bonchev–Trinajstić information content (AvgIpc) is 2.47. The van der Waals surface area contributed by atoms with Crippen LogP contribution in [-0.4, -0.2) is 17.8 Å². The van der Waals surface area contributed by atoms with E-state index in [2.05, 4.69) is 18.3 Å². The van der Waals surface area contributed by atoms with Crippen LogP contribution in [0.15, 0.2) is 29.2 Å². The fraction of sp³-hybridized carbons (Fsp3) is 0.562. The molecule has 1 rings (SSSR count). The first-order valence-corrected chi connectivity index (χ1v) is 8.19. The monoisotopic (exact) mass is 294 g/mol. The molecule has 0 amide bonds. The molecule has 1 N–H and O–H groups in total. The van der Waals surface area contributed by atoms with Gasteiger partial charge in [-0.2, -0.15) is 5.26 Å². The summed E-state index contributed by atoms with van der Waals surface area (Å²) in [6.45, 7) is 5.02. The van der Waals surface area contributed by atoms with Crippen molar-refractivity contribution >= 4 is 11.8 Å². The SMILES string of the molecule is CCCNC(C#N)(CC)CCCSc1cccc(F)c1. The molecule has 1 aromatic carbocycles. The van der Waals surface area contributed by atoms with Gasteiger partial charge in [-0.1, -0.05) is 19.9 Å². The van der Waals surface area contributed by atoms with Gasteiger partial charge in [-0.3, -0.25) is 5.32 Å². The Morgan fingerprint density at radius 1 is 1.40 bits per heavy atom. The number of nitrogens with zero attached hydrogens (tertiary/aromatic N) is 1. The van der Waals surface area contributed by atoms with Crippen molar-refractivity contribution in [3.8, 4) is 6.07 Å². The molecule has 0 aliphatic rings. The smallest absolute Gasteiger partial charge is 0.124 e. The van der Waals surface area contributed by atoms with Gasteiger partial charge in [-0.05, 0) is 56.2 Å². The fourth-order valence-electron chi connectivity index (χ4n) is 2.05. The zero-order chi connectivity index (χ0) is 14.8. The Kier molecular flexibility index (Phi) is 7.64. The molecule has 0 saturated heterocycles. The Morgan fingerprint density at radius 3 is 2.80 bits per heavy atom. The summed E-state index contributed by atoms with van der Waals surface area (Å²) in [5, 5.41) is 12.7. The minimum atomic E-state index is -0.404. The average molecular weight is 294 g/mol. The van der Waals surface area contributed by atoms with Gasteiger partial charge in [-0.15, -0.1) is 11.8 Å². The van der Waals surface area contributed by atoms with Crippen LogP contribution in [0.4, 0.5) is 4.39 Å². The van der Waals surface area contributed by atoms with E-state index < -0.39 is 5.54 Å². The van der Waals surface area contributed by atoms with Crippen molar-refractivity contribution in [2.24, 2.45) is 0 Å². The standard InChI is InChI=1S/C16H23FN2S/c1-3-10-19-16(4-2,13-18)9-6-11-20-15-8-5-7-14(17)12-15/h5,7-8,12,19H,3-4,6,9-11H2,1-2H3. The van der Waals surface area contributed by atoms with E-state index in [9.17, 15) is 9.65 Å². The third kappa shape index (κ3) is 5.52. The van der Waals surface area contributed by atoms with E-state index in [-0.39, 0.29) is 5.82 Å². The summed E-state index contributed by atoms with van der Waals surface area (Å²) in [6, 6.07) is 9.08. The van der Waals surface area contributed by atoms with Gasteiger partial charge in [0.1, 0.15) is 11.4 Å². The molecule has 2 nitrogen and oxygen atoms in total. The number of nitriles is 1. The van der Waals surface area contributed by atoms with Crippen LogP contribution in [0.3, 0.4) is 0 Å². The summed E-state index contributed by atoms with van der Waals surface area (Å²) in [5.41, 5.74) is -0.404. The molecule has 4 heteroatoms. The summed E-state index contributed by atoms with van der Waals surface area (Å²) >= 11 is 1.64. The Bertz CT molecular complexity index is 444. The molecule has 0 spiro atoms. The topological polar surface area (TPSA) is 35.8 Å². The van der Waals surface area contributed by atoms with Crippen LogP contribution in [0, 0.1) is 17.1 Å². The summed E-state index contributed by atoms with van der Waals surface area (Å²) < 4.78 is 13.0. The number of hydrogen-bond acceptors (Lipinski definition) is 3. The van der Waals surface area contributed by atoms with E-state index in [0.29, 0.717) is 0 Å². The van der Waals surface area contributed by atoms with Gasteiger partial charge in [0, 0.05) is 4.90 Å². The molecule has 0 bridgehead atoms. The minimum Gasteiger partial charge on any atom is -0.299 e. The summed E-state index contributed by atoms with van der Waals surface area (Å²) in [5.74, 6) is 0.709. The molecule has 20 heavy (non-hydrogen) atoms. The van der Waals surface area contributed by atoms with Crippen LogP contribution in [0.1, 0.15) is 39.5 Å². The zero-order valence-electron chi connectivity index (χ0n) is 12.3. The lowest BCUT2D eigenvalue weighted by Crippen LogP contribution is -2.43. The number of nitrogens with one attached hydrogen (secondary N) is 1. The highest BCUT2D eigenvalue weighted by Gasteiger charge is 2.25. The zero-order valence-corrected chi connectivity index (χ0v) is 13.1. The highest BCUT2D eigenvalue weighted by atomic mass is 32.2. The first-order valence-electron chi connectivity index (χ1n) is 7.20. The van der Waals surface area contributed by atoms with Gasteiger partial charge in [-0.25, -0.2) is 4.39 Å². The third-order valence-corrected chi connectivity index (χ3v) is 4.42. The van der Waals surface area contributed by atoms with Gasteiger partial charge < -0.3 is 0 Å². The van der Waals surface area contributed by atoms with E-state index in [1.807, 2.05) is 13.0 Å². The van der Waals surface area contributed by atoms with Gasteiger partial charge in [0.05, 0.1) is 6.07 Å². The maximum absolute atomic E-state index is 13.0. The largest absolute Gasteiger partial charge is 0.299 e. The van der Waals surface area contributed by atoms with E-state index in [1.165, 1.54) is 6.07 Å². The highest BCUT2D eigenvalue weighted by molar-refractivity contribution is 7.99. The molecule has 1 atom stereocenters. The lowest BCUT2D eigenvalue weighted by atomic mass is 9.92. The van der Waals surface area contributed by atoms with Crippen molar-refractivity contribution in [3.63, 3.8) is 0 Å². The van der Waals surface area contributed by atoms with Crippen molar-refractivity contribution < 1.29 is 4.39 Å². The number of rotatable bonds is 9. The van der Waals surface area contributed by atoms with E-state index in [0.717, 1.165) is 42.9 Å². The van der Waals surface area contributed by atoms with Crippen LogP contribution >= 0.6 is 11.8 Å². The molecule has 110 valence electrons. The van der Waals surface area contributed by atoms with Crippen molar-refractivity contribution in [1.82, 2.24) is 5.32 Å². The van der Waals surface area contributed by atoms with Crippen molar-refractivity contribution in [2.75, 3.05) is 12.3 Å². The highest BCUT2D eigenvalue weighted by Crippen LogP contribution is 2.23. The predicted octanol–water partition coefficient (Wildman–Crippen LogP) is 4.37. The van der Waals surface area contributed by atoms with Gasteiger partial charge in [0.25, 0.3) is 0 Å². The second kappa shape index (κ2) is 8.99. The number of halogens is 1. The molecule has 1 aromatic rings. The summed E-state index contributed by atoms with van der Waals surface area (Å²) in [4.78, 5) is 0.950. The van der Waals surface area contributed by atoms with Crippen LogP contribution in [-0.2, 0) is 0 Å². The second-order valence-electron chi connectivity index (χ2n) is 4.88. The molecule has 0 fully saturated rings. The van der Waals surface area contributed by atoms with Crippen molar-refractivity contribution in [1.29, 1.82) is 5.26 Å². The minimum absolute atomic E-state index is 0.195. The van der Waals surface area contributed by atoms with Gasteiger partial charge in [0.15, 0.2) is 0 Å². The number of thioether (sulfide) groups is 1. The first-order chi connectivity index (χ1) is 9.65. The molecule has 0 aliphatic heterocycles.